The number of thioether (sulfide) groups is 1. The third-order valence-corrected chi connectivity index (χ3v) is 4.98. The lowest BCUT2D eigenvalue weighted by Gasteiger charge is -2.03. The predicted molar refractivity (Wildman–Crippen MR) is 101 cm³/mol. The van der Waals surface area contributed by atoms with Gasteiger partial charge in [-0.3, -0.25) is 29.8 Å². The van der Waals surface area contributed by atoms with E-state index in [0.717, 1.165) is 29.2 Å². The second kappa shape index (κ2) is 10.3. The second-order valence-electron chi connectivity index (χ2n) is 5.01. The van der Waals surface area contributed by atoms with Crippen LogP contribution in [0.1, 0.15) is 17.3 Å². The van der Waals surface area contributed by atoms with Crippen LogP contribution in [-0.2, 0) is 14.3 Å². The van der Waals surface area contributed by atoms with Crippen molar-refractivity contribution in [2.75, 3.05) is 24.2 Å². The van der Waals surface area contributed by atoms with Crippen LogP contribution in [-0.4, -0.2) is 51.8 Å². The number of nitrogens with zero attached hydrogens (tertiary/aromatic N) is 3. The van der Waals surface area contributed by atoms with Crippen molar-refractivity contribution in [3.8, 4) is 0 Å². The Hall–Kier alpha value is -3.06. The molecule has 0 saturated heterocycles. The van der Waals surface area contributed by atoms with Gasteiger partial charge in [0.15, 0.2) is 4.34 Å². The monoisotopic (exact) mass is 425 g/mol. The molecule has 1 aromatic carbocycles. The molecular formula is C15H15N5O6S2. The average molecular weight is 425 g/mol. The highest BCUT2D eigenvalue weighted by molar-refractivity contribution is 8.01. The molecule has 0 atom stereocenters. The number of carbonyl (C=O) groups is 3. The summed E-state index contributed by atoms with van der Waals surface area (Å²) in [7, 11) is 0. The van der Waals surface area contributed by atoms with Crippen LogP contribution < -0.4 is 10.6 Å². The number of nitrogens with one attached hydrogen (secondary N) is 2. The molecule has 1 aromatic heterocycles. The largest absolute Gasteiger partial charge is 0.465 e. The molecule has 148 valence electrons. The molecule has 2 amide bonds. The second-order valence-corrected chi connectivity index (χ2v) is 7.21. The first-order valence-electron chi connectivity index (χ1n) is 7.83. The Labute approximate surface area is 167 Å². The first-order chi connectivity index (χ1) is 13.4. The van der Waals surface area contributed by atoms with Crippen LogP contribution >= 0.6 is 23.1 Å². The van der Waals surface area contributed by atoms with Crippen molar-refractivity contribution in [1.82, 2.24) is 15.5 Å². The van der Waals surface area contributed by atoms with Gasteiger partial charge >= 0.3 is 5.97 Å². The first kappa shape index (κ1) is 21.2. The number of aromatic nitrogens is 2. The number of rotatable bonds is 9. The number of amides is 2. The topological polar surface area (TPSA) is 153 Å². The third-order valence-electron chi connectivity index (χ3n) is 3.01. The van der Waals surface area contributed by atoms with E-state index in [1.165, 1.54) is 18.2 Å². The molecular weight excluding hydrogens is 410 g/mol. The SMILES string of the molecule is CCOC(=O)CNC(=O)CSc1nnc(NC(=O)c2cccc([N+](=O)[O-])c2)s1. The standard InChI is InChI=1S/C15H15N5O6S2/c1-2-26-12(22)7-16-11(21)8-27-15-19-18-14(28-15)17-13(23)9-4-3-5-10(6-9)20(24)25/h3-6H,2,7-8H2,1H3,(H,16,21)(H,17,18,23). The number of benzene rings is 1. The maximum atomic E-state index is 12.2. The summed E-state index contributed by atoms with van der Waals surface area (Å²) in [5.41, 5.74) is -0.0908. The third kappa shape index (κ3) is 6.59. The predicted octanol–water partition coefficient (Wildman–Crippen LogP) is 1.47. The van der Waals surface area contributed by atoms with Crippen molar-refractivity contribution in [2.24, 2.45) is 0 Å². The maximum absolute atomic E-state index is 12.2. The van der Waals surface area contributed by atoms with E-state index in [4.69, 9.17) is 4.74 Å². The number of nitro groups is 1. The number of nitro benzene ring substituents is 1. The lowest BCUT2D eigenvalue weighted by atomic mass is 10.2. The van der Waals surface area contributed by atoms with Crippen LogP contribution in [0.3, 0.4) is 0 Å². The summed E-state index contributed by atoms with van der Waals surface area (Å²) in [4.78, 5) is 45.2. The molecule has 0 radical (unpaired) electrons. The van der Waals surface area contributed by atoms with Crippen molar-refractivity contribution in [1.29, 1.82) is 0 Å². The van der Waals surface area contributed by atoms with Crippen molar-refractivity contribution >= 4 is 51.7 Å². The first-order valence-corrected chi connectivity index (χ1v) is 9.63. The van der Waals surface area contributed by atoms with Crippen LogP contribution in [0.2, 0.25) is 0 Å². The molecule has 13 heteroatoms. The highest BCUT2D eigenvalue weighted by Gasteiger charge is 2.15. The van der Waals surface area contributed by atoms with Gasteiger partial charge in [-0.25, -0.2) is 0 Å². The highest BCUT2D eigenvalue weighted by atomic mass is 32.2. The molecule has 2 rings (SSSR count). The Balaban J connectivity index is 1.84. The zero-order valence-corrected chi connectivity index (χ0v) is 16.2. The van der Waals surface area contributed by atoms with Gasteiger partial charge in [-0.15, -0.1) is 10.2 Å². The Morgan fingerprint density at radius 1 is 1.32 bits per heavy atom. The van der Waals surface area contributed by atoms with Crippen molar-refractivity contribution in [3.63, 3.8) is 0 Å². The molecule has 2 N–H and O–H groups in total. The lowest BCUT2D eigenvalue weighted by Crippen LogP contribution is -2.31. The smallest absolute Gasteiger partial charge is 0.325 e. The molecule has 1 heterocycles. The van der Waals surface area contributed by atoms with Gasteiger partial charge in [0.2, 0.25) is 11.0 Å². The summed E-state index contributed by atoms with van der Waals surface area (Å²) < 4.78 is 5.13. The molecule has 0 saturated carbocycles. The van der Waals surface area contributed by atoms with Gasteiger partial charge in [-0.2, -0.15) is 0 Å². The van der Waals surface area contributed by atoms with E-state index in [1.807, 2.05) is 0 Å². The minimum absolute atomic E-state index is 0.00681. The van der Waals surface area contributed by atoms with Crippen LogP contribution in [0, 0.1) is 10.1 Å². The van der Waals surface area contributed by atoms with E-state index in [0.29, 0.717) is 4.34 Å². The van der Waals surface area contributed by atoms with E-state index < -0.39 is 16.8 Å². The highest BCUT2D eigenvalue weighted by Crippen LogP contribution is 2.25. The molecule has 0 unspecified atom stereocenters. The number of ether oxygens (including phenoxy) is 1. The van der Waals surface area contributed by atoms with Crippen molar-refractivity contribution < 1.29 is 24.0 Å². The van der Waals surface area contributed by atoms with Gasteiger partial charge in [0.05, 0.1) is 17.3 Å². The van der Waals surface area contributed by atoms with E-state index in [1.54, 1.807) is 6.92 Å². The van der Waals surface area contributed by atoms with Gasteiger partial charge in [0, 0.05) is 17.7 Å². The zero-order chi connectivity index (χ0) is 20.5. The molecule has 0 aliphatic rings. The van der Waals surface area contributed by atoms with Crippen LogP contribution in [0.4, 0.5) is 10.8 Å². The number of carbonyl (C=O) groups excluding carboxylic acids is 3. The fourth-order valence-corrected chi connectivity index (χ4v) is 3.39. The molecule has 28 heavy (non-hydrogen) atoms. The van der Waals surface area contributed by atoms with Gasteiger partial charge < -0.3 is 10.1 Å². The molecule has 11 nitrogen and oxygen atoms in total. The molecule has 0 spiro atoms. The number of non-ortho nitro benzene ring substituents is 1. The van der Waals surface area contributed by atoms with Crippen molar-refractivity contribution in [2.45, 2.75) is 11.3 Å². The van der Waals surface area contributed by atoms with Gasteiger partial charge in [-0.1, -0.05) is 29.2 Å². The Morgan fingerprint density at radius 2 is 2.11 bits per heavy atom. The lowest BCUT2D eigenvalue weighted by molar-refractivity contribution is -0.384. The fraction of sp³-hybridized carbons (Fsp3) is 0.267. The van der Waals surface area contributed by atoms with Gasteiger partial charge in [0.1, 0.15) is 6.54 Å². The van der Waals surface area contributed by atoms with Crippen LogP contribution in [0.15, 0.2) is 28.6 Å². The van der Waals surface area contributed by atoms with Crippen molar-refractivity contribution in [3.05, 3.63) is 39.9 Å². The molecule has 0 aliphatic carbocycles. The normalized spacial score (nSPS) is 10.2. The van der Waals surface area contributed by atoms with Crippen LogP contribution in [0.25, 0.3) is 0 Å². The van der Waals surface area contributed by atoms with E-state index in [2.05, 4.69) is 20.8 Å². The minimum Gasteiger partial charge on any atom is -0.465 e. The zero-order valence-electron chi connectivity index (χ0n) is 14.5. The minimum atomic E-state index is -0.594. The number of hydrogen-bond donors (Lipinski definition) is 2. The summed E-state index contributed by atoms with van der Waals surface area (Å²) in [6, 6.07) is 5.28. The Morgan fingerprint density at radius 3 is 2.82 bits per heavy atom. The summed E-state index contributed by atoms with van der Waals surface area (Å²) >= 11 is 2.13. The molecule has 0 fully saturated rings. The number of esters is 1. The molecule has 2 aromatic rings. The fourth-order valence-electron chi connectivity index (χ4n) is 1.81. The quantitative estimate of drug-likeness (QED) is 0.200. The Kier molecular flexibility index (Phi) is 7.83. The summed E-state index contributed by atoms with van der Waals surface area (Å²) in [6.07, 6.45) is 0. The number of anilines is 1. The van der Waals surface area contributed by atoms with E-state index in [9.17, 15) is 24.5 Å². The van der Waals surface area contributed by atoms with Crippen LogP contribution in [0.5, 0.6) is 0 Å². The Bertz CT molecular complexity index is 887. The number of hydrogen-bond acceptors (Lipinski definition) is 10. The van der Waals surface area contributed by atoms with Gasteiger partial charge in [-0.05, 0) is 13.0 Å². The maximum Gasteiger partial charge on any atom is 0.325 e. The van der Waals surface area contributed by atoms with E-state index >= 15 is 0 Å². The molecule has 0 aliphatic heterocycles. The molecule has 0 bridgehead atoms. The van der Waals surface area contributed by atoms with Gasteiger partial charge in [0.25, 0.3) is 11.6 Å². The summed E-state index contributed by atoms with van der Waals surface area (Å²) in [5, 5.41) is 23.5. The summed E-state index contributed by atoms with van der Waals surface area (Å²) in [6.45, 7) is 1.69. The summed E-state index contributed by atoms with van der Waals surface area (Å²) in [5.74, 6) is -1.46. The van der Waals surface area contributed by atoms with E-state index in [-0.39, 0.29) is 41.2 Å². The average Bonchev–Trinajstić information content (AvgIpc) is 3.12.